The van der Waals surface area contributed by atoms with Crippen molar-refractivity contribution in [1.82, 2.24) is 10.0 Å². The Kier molecular flexibility index (Phi) is 7.58. The molecule has 122 valence electrons. The topological polar surface area (TPSA) is 106 Å². The number of rotatable bonds is 9. The van der Waals surface area contributed by atoms with E-state index in [9.17, 15) is 8.42 Å². The van der Waals surface area contributed by atoms with Crippen LogP contribution in [0.15, 0.2) is 46.8 Å². The smallest absolute Gasteiger partial charge is 0.240 e. The number of guanidine groups is 1. The number of hydrogen-bond donors (Lipinski definition) is 3. The van der Waals surface area contributed by atoms with Crippen LogP contribution in [-0.2, 0) is 21.3 Å². The Morgan fingerprint density at radius 2 is 2.27 bits per heavy atom. The van der Waals surface area contributed by atoms with Crippen molar-refractivity contribution in [1.29, 1.82) is 0 Å². The molecule has 0 heterocycles. The lowest BCUT2D eigenvalue weighted by Crippen LogP contribution is -2.31. The Hall–Kier alpha value is -1.90. The first-order valence-electron chi connectivity index (χ1n) is 6.72. The normalized spacial score (nSPS) is 12.1. The third kappa shape index (κ3) is 6.25. The summed E-state index contributed by atoms with van der Waals surface area (Å²) < 4.78 is 31.5. The molecule has 0 bridgehead atoms. The van der Waals surface area contributed by atoms with Crippen molar-refractivity contribution in [2.75, 3.05) is 26.8 Å². The highest BCUT2D eigenvalue weighted by atomic mass is 32.2. The number of nitrogens with zero attached hydrogens (tertiary/aromatic N) is 1. The van der Waals surface area contributed by atoms with E-state index >= 15 is 0 Å². The SMILES string of the molecule is C=CCNC(N)=NCc1cccc(S(=O)(=O)NCCOC)c1. The van der Waals surface area contributed by atoms with Crippen LogP contribution in [0, 0.1) is 0 Å². The molecule has 8 heteroatoms. The molecule has 0 aliphatic carbocycles. The Morgan fingerprint density at radius 1 is 1.50 bits per heavy atom. The van der Waals surface area contributed by atoms with Gasteiger partial charge in [-0.05, 0) is 17.7 Å². The van der Waals surface area contributed by atoms with Gasteiger partial charge >= 0.3 is 0 Å². The van der Waals surface area contributed by atoms with Crippen molar-refractivity contribution in [3.05, 3.63) is 42.5 Å². The van der Waals surface area contributed by atoms with E-state index in [1.807, 2.05) is 0 Å². The molecule has 0 spiro atoms. The number of nitrogens with one attached hydrogen (secondary N) is 2. The Balaban J connectivity index is 2.75. The third-order valence-electron chi connectivity index (χ3n) is 2.67. The number of benzene rings is 1. The minimum atomic E-state index is -3.55. The summed E-state index contributed by atoms with van der Waals surface area (Å²) in [5.74, 6) is 0.284. The second-order valence-corrected chi connectivity index (χ2v) is 6.18. The van der Waals surface area contributed by atoms with Crippen LogP contribution in [0.2, 0.25) is 0 Å². The van der Waals surface area contributed by atoms with Gasteiger partial charge in [-0.25, -0.2) is 18.1 Å². The summed E-state index contributed by atoms with van der Waals surface area (Å²) in [5.41, 5.74) is 6.41. The summed E-state index contributed by atoms with van der Waals surface area (Å²) in [7, 11) is -2.03. The predicted molar refractivity (Wildman–Crippen MR) is 87.0 cm³/mol. The number of sulfonamides is 1. The fourth-order valence-corrected chi connectivity index (χ4v) is 2.66. The van der Waals surface area contributed by atoms with Gasteiger partial charge in [0, 0.05) is 20.2 Å². The van der Waals surface area contributed by atoms with E-state index in [1.54, 1.807) is 24.3 Å². The van der Waals surface area contributed by atoms with Crippen molar-refractivity contribution in [3.8, 4) is 0 Å². The second kappa shape index (κ2) is 9.19. The fraction of sp³-hybridized carbons (Fsp3) is 0.357. The average molecular weight is 326 g/mol. The van der Waals surface area contributed by atoms with Crippen LogP contribution >= 0.6 is 0 Å². The second-order valence-electron chi connectivity index (χ2n) is 4.41. The van der Waals surface area contributed by atoms with Gasteiger partial charge in [0.25, 0.3) is 0 Å². The van der Waals surface area contributed by atoms with Gasteiger partial charge in [0.05, 0.1) is 18.0 Å². The van der Waals surface area contributed by atoms with Gasteiger partial charge in [-0.15, -0.1) is 6.58 Å². The zero-order chi connectivity index (χ0) is 16.4. The third-order valence-corrected chi connectivity index (χ3v) is 4.13. The molecule has 0 aromatic heterocycles. The first-order valence-corrected chi connectivity index (χ1v) is 8.20. The molecule has 0 atom stereocenters. The first-order chi connectivity index (χ1) is 10.5. The van der Waals surface area contributed by atoms with Crippen molar-refractivity contribution in [2.45, 2.75) is 11.4 Å². The summed E-state index contributed by atoms with van der Waals surface area (Å²) in [6, 6.07) is 6.56. The van der Waals surface area contributed by atoms with E-state index < -0.39 is 10.0 Å². The van der Waals surface area contributed by atoms with Crippen LogP contribution in [0.1, 0.15) is 5.56 Å². The minimum absolute atomic E-state index is 0.189. The van der Waals surface area contributed by atoms with Crippen LogP contribution < -0.4 is 15.8 Å². The molecule has 0 radical (unpaired) electrons. The van der Waals surface area contributed by atoms with E-state index in [-0.39, 0.29) is 23.9 Å². The molecule has 7 nitrogen and oxygen atoms in total. The summed E-state index contributed by atoms with van der Waals surface area (Å²) in [5, 5.41) is 2.85. The number of hydrogen-bond acceptors (Lipinski definition) is 4. The summed E-state index contributed by atoms with van der Waals surface area (Å²) in [4.78, 5) is 4.32. The molecule has 0 amide bonds. The van der Waals surface area contributed by atoms with Gasteiger partial charge in [0.1, 0.15) is 0 Å². The molecule has 1 rings (SSSR count). The number of aliphatic imine (C=N–C) groups is 1. The van der Waals surface area contributed by atoms with Gasteiger partial charge in [0.15, 0.2) is 5.96 Å². The van der Waals surface area contributed by atoms with Crippen LogP contribution in [0.4, 0.5) is 0 Å². The molecule has 0 aliphatic rings. The maximum absolute atomic E-state index is 12.1. The van der Waals surface area contributed by atoms with Crippen LogP contribution in [0.25, 0.3) is 0 Å². The van der Waals surface area contributed by atoms with Crippen LogP contribution in [0.5, 0.6) is 0 Å². The highest BCUT2D eigenvalue weighted by Crippen LogP contribution is 2.12. The standard InChI is InChI=1S/C14H22N4O3S/c1-3-7-16-14(15)17-11-12-5-4-6-13(10-12)22(19,20)18-8-9-21-2/h3-6,10,18H,1,7-9,11H2,2H3,(H3,15,16,17). The molecule has 4 N–H and O–H groups in total. The maximum atomic E-state index is 12.1. The molecule has 0 saturated carbocycles. The van der Waals surface area contributed by atoms with Gasteiger partial charge in [-0.3, -0.25) is 0 Å². The minimum Gasteiger partial charge on any atom is -0.383 e. The zero-order valence-electron chi connectivity index (χ0n) is 12.6. The van der Waals surface area contributed by atoms with E-state index in [1.165, 1.54) is 13.2 Å². The molecule has 0 saturated heterocycles. The zero-order valence-corrected chi connectivity index (χ0v) is 13.4. The summed E-state index contributed by atoms with van der Waals surface area (Å²) in [6.45, 7) is 4.91. The van der Waals surface area contributed by atoms with Gasteiger partial charge in [-0.2, -0.15) is 0 Å². The predicted octanol–water partition coefficient (Wildman–Crippen LogP) is 0.202. The van der Waals surface area contributed by atoms with Crippen LogP contribution in [-0.4, -0.2) is 41.2 Å². The van der Waals surface area contributed by atoms with Crippen molar-refractivity contribution < 1.29 is 13.2 Å². The number of ether oxygens (including phenoxy) is 1. The van der Waals surface area contributed by atoms with E-state index in [4.69, 9.17) is 10.5 Å². The molecule has 22 heavy (non-hydrogen) atoms. The van der Waals surface area contributed by atoms with E-state index in [0.717, 1.165) is 5.56 Å². The highest BCUT2D eigenvalue weighted by molar-refractivity contribution is 7.89. The molecule has 1 aromatic rings. The average Bonchev–Trinajstić information content (AvgIpc) is 2.51. The Labute approximate surface area is 131 Å². The first kappa shape index (κ1) is 18.1. The van der Waals surface area contributed by atoms with Crippen molar-refractivity contribution in [2.24, 2.45) is 10.7 Å². The van der Waals surface area contributed by atoms with E-state index in [2.05, 4.69) is 21.6 Å². The van der Waals surface area contributed by atoms with Gasteiger partial charge in [0.2, 0.25) is 10.0 Å². The lowest BCUT2D eigenvalue weighted by atomic mass is 10.2. The quantitative estimate of drug-likeness (QED) is 0.260. The van der Waals surface area contributed by atoms with Crippen molar-refractivity contribution >= 4 is 16.0 Å². The largest absolute Gasteiger partial charge is 0.383 e. The lowest BCUT2D eigenvalue weighted by molar-refractivity contribution is 0.204. The molecular weight excluding hydrogens is 304 g/mol. The fourth-order valence-electron chi connectivity index (χ4n) is 1.58. The summed E-state index contributed by atoms with van der Waals surface area (Å²) in [6.07, 6.45) is 1.67. The van der Waals surface area contributed by atoms with Gasteiger partial charge in [-0.1, -0.05) is 18.2 Å². The van der Waals surface area contributed by atoms with Crippen LogP contribution in [0.3, 0.4) is 0 Å². The monoisotopic (exact) mass is 326 g/mol. The summed E-state index contributed by atoms with van der Waals surface area (Å²) >= 11 is 0. The number of nitrogens with two attached hydrogens (primary N) is 1. The molecular formula is C14H22N4O3S. The van der Waals surface area contributed by atoms with Crippen molar-refractivity contribution in [3.63, 3.8) is 0 Å². The molecule has 1 aromatic carbocycles. The molecule has 0 aliphatic heterocycles. The highest BCUT2D eigenvalue weighted by Gasteiger charge is 2.13. The number of methoxy groups -OCH3 is 1. The Morgan fingerprint density at radius 3 is 2.95 bits per heavy atom. The Bertz CT molecular complexity index is 614. The lowest BCUT2D eigenvalue weighted by Gasteiger charge is -2.08. The molecule has 0 unspecified atom stereocenters. The maximum Gasteiger partial charge on any atom is 0.240 e. The van der Waals surface area contributed by atoms with Gasteiger partial charge < -0.3 is 15.8 Å². The molecule has 0 fully saturated rings. The van der Waals surface area contributed by atoms with E-state index in [0.29, 0.717) is 13.2 Å².